The van der Waals surface area contributed by atoms with Crippen LogP contribution in [0.1, 0.15) is 24.5 Å². The number of phenolic OH excluding ortho intramolecular Hbond substituents is 2. The van der Waals surface area contributed by atoms with Gasteiger partial charge in [-0.2, -0.15) is 0 Å². The van der Waals surface area contributed by atoms with E-state index in [1.165, 1.54) is 0 Å². The van der Waals surface area contributed by atoms with Crippen LogP contribution in [-0.4, -0.2) is 28.8 Å². The first-order valence-corrected chi connectivity index (χ1v) is 6.83. The van der Waals surface area contributed by atoms with Crippen LogP contribution in [0.15, 0.2) is 58.5 Å². The molecule has 0 fully saturated rings. The summed E-state index contributed by atoms with van der Waals surface area (Å²) in [7, 11) is 0. The first-order chi connectivity index (χ1) is 10.2. The second-order valence-corrected chi connectivity index (χ2v) is 4.56. The predicted molar refractivity (Wildman–Crippen MR) is 85.5 cm³/mol. The average molecular weight is 282 g/mol. The number of benzene rings is 2. The standard InChI is InChI=1S/C17H18N2O2/c1-2-17(18-11-13-7-3-5-9-15(13)20)19-12-14-8-4-6-10-16(14)21/h3-12,17,20-21H,2H2,1H3/b18-11+,19-12+. The van der Waals surface area contributed by atoms with E-state index in [0.717, 1.165) is 6.42 Å². The molecule has 0 aliphatic rings. The summed E-state index contributed by atoms with van der Waals surface area (Å²) < 4.78 is 0. The minimum absolute atomic E-state index is 0.195. The van der Waals surface area contributed by atoms with Gasteiger partial charge in [0.05, 0.1) is 0 Å². The summed E-state index contributed by atoms with van der Waals surface area (Å²) in [6, 6.07) is 14.0. The zero-order valence-electron chi connectivity index (χ0n) is 11.8. The third-order valence-electron chi connectivity index (χ3n) is 3.01. The van der Waals surface area contributed by atoms with E-state index in [2.05, 4.69) is 9.98 Å². The Balaban J connectivity index is 2.11. The molecule has 4 nitrogen and oxygen atoms in total. The van der Waals surface area contributed by atoms with E-state index in [4.69, 9.17) is 0 Å². The number of aliphatic imine (C=N–C) groups is 2. The van der Waals surface area contributed by atoms with Crippen LogP contribution in [-0.2, 0) is 0 Å². The third-order valence-corrected chi connectivity index (χ3v) is 3.01. The van der Waals surface area contributed by atoms with Gasteiger partial charge >= 0.3 is 0 Å². The number of aromatic hydroxyl groups is 2. The molecule has 0 heterocycles. The van der Waals surface area contributed by atoms with Crippen LogP contribution in [0.5, 0.6) is 11.5 Å². The molecule has 2 aromatic carbocycles. The zero-order chi connectivity index (χ0) is 15.1. The SMILES string of the molecule is CCC(/N=C/c1ccccc1O)/N=C/c1ccccc1O. The van der Waals surface area contributed by atoms with Gasteiger partial charge in [0.1, 0.15) is 17.7 Å². The van der Waals surface area contributed by atoms with E-state index in [9.17, 15) is 10.2 Å². The van der Waals surface area contributed by atoms with Gasteiger partial charge < -0.3 is 10.2 Å². The Hall–Kier alpha value is -2.62. The van der Waals surface area contributed by atoms with Gasteiger partial charge in [-0.15, -0.1) is 0 Å². The molecule has 0 saturated heterocycles. The molecule has 21 heavy (non-hydrogen) atoms. The number of rotatable bonds is 5. The van der Waals surface area contributed by atoms with E-state index >= 15 is 0 Å². The van der Waals surface area contributed by atoms with E-state index < -0.39 is 0 Å². The van der Waals surface area contributed by atoms with Crippen molar-refractivity contribution in [3.8, 4) is 11.5 Å². The molecule has 0 amide bonds. The summed E-state index contributed by atoms with van der Waals surface area (Å²) >= 11 is 0. The molecule has 2 aromatic rings. The minimum atomic E-state index is -0.246. The molecule has 0 aromatic heterocycles. The van der Waals surface area contributed by atoms with E-state index in [0.29, 0.717) is 11.1 Å². The Kier molecular flexibility index (Phi) is 5.10. The van der Waals surface area contributed by atoms with Crippen LogP contribution in [0.4, 0.5) is 0 Å². The maximum absolute atomic E-state index is 9.68. The molecule has 0 spiro atoms. The fraction of sp³-hybridized carbons (Fsp3) is 0.176. The molecule has 0 aliphatic heterocycles. The number of para-hydroxylation sites is 2. The number of phenols is 2. The van der Waals surface area contributed by atoms with Crippen molar-refractivity contribution in [1.29, 1.82) is 0 Å². The summed E-state index contributed by atoms with van der Waals surface area (Å²) in [5.74, 6) is 0.390. The van der Waals surface area contributed by atoms with Crippen molar-refractivity contribution in [2.75, 3.05) is 0 Å². The van der Waals surface area contributed by atoms with Gasteiger partial charge in [-0.05, 0) is 30.7 Å². The normalized spacial score (nSPS) is 11.7. The lowest BCUT2D eigenvalue weighted by Gasteiger charge is -2.04. The van der Waals surface area contributed by atoms with E-state index in [1.807, 2.05) is 19.1 Å². The highest BCUT2D eigenvalue weighted by Gasteiger charge is 2.01. The molecule has 2 rings (SSSR count). The maximum atomic E-state index is 9.68. The fourth-order valence-electron chi connectivity index (χ4n) is 1.78. The summed E-state index contributed by atoms with van der Waals surface area (Å²) in [5, 5.41) is 19.4. The Morgan fingerprint density at radius 2 is 1.29 bits per heavy atom. The van der Waals surface area contributed by atoms with E-state index in [-0.39, 0.29) is 17.7 Å². The number of hydrogen-bond acceptors (Lipinski definition) is 4. The van der Waals surface area contributed by atoms with Crippen molar-refractivity contribution >= 4 is 12.4 Å². The van der Waals surface area contributed by atoms with Crippen LogP contribution in [0.25, 0.3) is 0 Å². The smallest absolute Gasteiger partial charge is 0.139 e. The summed E-state index contributed by atoms with van der Waals surface area (Å²) in [6.07, 6.45) is 3.72. The van der Waals surface area contributed by atoms with Crippen molar-refractivity contribution in [2.45, 2.75) is 19.5 Å². The highest BCUT2D eigenvalue weighted by atomic mass is 16.3. The zero-order valence-corrected chi connectivity index (χ0v) is 11.8. The van der Waals surface area contributed by atoms with Crippen LogP contribution in [0.2, 0.25) is 0 Å². The van der Waals surface area contributed by atoms with Crippen LogP contribution in [0, 0.1) is 0 Å². The summed E-state index contributed by atoms with van der Waals surface area (Å²) in [5.41, 5.74) is 1.32. The van der Waals surface area contributed by atoms with Gasteiger partial charge in [-0.1, -0.05) is 31.2 Å². The Morgan fingerprint density at radius 1 is 0.857 bits per heavy atom. The Bertz CT molecular complexity index is 595. The topological polar surface area (TPSA) is 65.2 Å². The molecular weight excluding hydrogens is 264 g/mol. The lowest BCUT2D eigenvalue weighted by Crippen LogP contribution is -2.00. The molecular formula is C17H18N2O2. The second kappa shape index (κ2) is 7.24. The van der Waals surface area contributed by atoms with Gasteiger partial charge in [-0.25, -0.2) is 0 Å². The van der Waals surface area contributed by atoms with Gasteiger partial charge in [0.15, 0.2) is 0 Å². The van der Waals surface area contributed by atoms with Gasteiger partial charge in [0, 0.05) is 23.6 Å². The molecule has 0 bridgehead atoms. The number of nitrogens with zero attached hydrogens (tertiary/aromatic N) is 2. The molecule has 0 saturated carbocycles. The first-order valence-electron chi connectivity index (χ1n) is 6.83. The summed E-state index contributed by atoms with van der Waals surface area (Å²) in [4.78, 5) is 8.71. The fourth-order valence-corrected chi connectivity index (χ4v) is 1.78. The van der Waals surface area contributed by atoms with Crippen LogP contribution < -0.4 is 0 Å². The molecule has 0 radical (unpaired) electrons. The van der Waals surface area contributed by atoms with E-state index in [1.54, 1.807) is 48.8 Å². The Labute approximate surface area is 124 Å². The lowest BCUT2D eigenvalue weighted by atomic mass is 10.2. The predicted octanol–water partition coefficient (Wildman–Crippen LogP) is 3.37. The van der Waals surface area contributed by atoms with Crippen molar-refractivity contribution in [2.24, 2.45) is 9.98 Å². The van der Waals surface area contributed by atoms with Gasteiger partial charge in [0.25, 0.3) is 0 Å². The third kappa shape index (κ3) is 4.18. The van der Waals surface area contributed by atoms with Gasteiger partial charge in [-0.3, -0.25) is 9.98 Å². The quantitative estimate of drug-likeness (QED) is 0.826. The second-order valence-electron chi connectivity index (χ2n) is 4.56. The average Bonchev–Trinajstić information content (AvgIpc) is 2.50. The van der Waals surface area contributed by atoms with Crippen molar-refractivity contribution in [3.05, 3.63) is 59.7 Å². The largest absolute Gasteiger partial charge is 0.507 e. The molecule has 2 N–H and O–H groups in total. The maximum Gasteiger partial charge on any atom is 0.139 e. The monoisotopic (exact) mass is 282 g/mol. The molecule has 0 unspecified atom stereocenters. The summed E-state index contributed by atoms with van der Waals surface area (Å²) in [6.45, 7) is 1.98. The van der Waals surface area contributed by atoms with Crippen molar-refractivity contribution in [1.82, 2.24) is 0 Å². The van der Waals surface area contributed by atoms with Crippen molar-refractivity contribution < 1.29 is 10.2 Å². The molecule has 108 valence electrons. The minimum Gasteiger partial charge on any atom is -0.507 e. The number of hydrogen-bond donors (Lipinski definition) is 2. The first kappa shape index (κ1) is 14.8. The van der Waals surface area contributed by atoms with Crippen molar-refractivity contribution in [3.63, 3.8) is 0 Å². The highest BCUT2D eigenvalue weighted by molar-refractivity contribution is 5.84. The molecule has 0 atom stereocenters. The lowest BCUT2D eigenvalue weighted by molar-refractivity contribution is 0.474. The molecule has 0 aliphatic carbocycles. The van der Waals surface area contributed by atoms with Crippen LogP contribution in [0.3, 0.4) is 0 Å². The molecule has 4 heteroatoms. The highest BCUT2D eigenvalue weighted by Crippen LogP contribution is 2.15. The van der Waals surface area contributed by atoms with Crippen LogP contribution >= 0.6 is 0 Å². The van der Waals surface area contributed by atoms with Gasteiger partial charge in [0.2, 0.25) is 0 Å². The Morgan fingerprint density at radius 3 is 1.67 bits per heavy atom.